The van der Waals surface area contributed by atoms with Gasteiger partial charge in [-0.1, -0.05) is 91.0 Å². The van der Waals surface area contributed by atoms with Gasteiger partial charge >= 0.3 is 0 Å². The highest BCUT2D eigenvalue weighted by molar-refractivity contribution is 5.63. The molecule has 0 aliphatic carbocycles. The highest BCUT2D eigenvalue weighted by Crippen LogP contribution is 2.13. The van der Waals surface area contributed by atoms with E-state index >= 15 is 0 Å². The van der Waals surface area contributed by atoms with Crippen LogP contribution in [0.15, 0.2) is 96.0 Å². The fraction of sp³-hybridized carbons (Fsp3) is 0.208. The van der Waals surface area contributed by atoms with E-state index in [1.54, 1.807) is 0 Å². The Hall–Kier alpha value is -2.71. The van der Waals surface area contributed by atoms with Crippen LogP contribution in [-0.2, 0) is 19.6 Å². The van der Waals surface area contributed by atoms with E-state index in [-0.39, 0.29) is 6.04 Å². The Morgan fingerprint density at radius 3 is 1.58 bits per heavy atom. The van der Waals surface area contributed by atoms with Gasteiger partial charge in [-0.3, -0.25) is 9.89 Å². The molecular weight excluding hydrogens is 316 g/mol. The second-order valence-corrected chi connectivity index (χ2v) is 6.59. The molecule has 0 aliphatic heterocycles. The maximum Gasteiger partial charge on any atom is 0.0636 e. The van der Waals surface area contributed by atoms with Crippen LogP contribution in [0, 0.1) is 0 Å². The number of nitrogens with zero attached hydrogens (tertiary/aromatic N) is 2. The highest BCUT2D eigenvalue weighted by atomic mass is 15.1. The molecule has 0 radical (unpaired) electrons. The monoisotopic (exact) mass is 342 g/mol. The van der Waals surface area contributed by atoms with Crippen molar-refractivity contribution >= 4 is 6.21 Å². The van der Waals surface area contributed by atoms with Crippen LogP contribution in [0.25, 0.3) is 0 Å². The van der Waals surface area contributed by atoms with Crippen LogP contribution in [0.3, 0.4) is 0 Å². The minimum Gasteiger partial charge on any atom is -0.291 e. The minimum atomic E-state index is 0.263. The molecule has 1 atom stereocenters. The molecule has 0 saturated heterocycles. The summed E-state index contributed by atoms with van der Waals surface area (Å²) < 4.78 is 0. The second kappa shape index (κ2) is 9.69. The summed E-state index contributed by atoms with van der Waals surface area (Å²) in [6, 6.07) is 31.9. The van der Waals surface area contributed by atoms with Gasteiger partial charge < -0.3 is 0 Å². The molecule has 2 heteroatoms. The molecule has 0 spiro atoms. The lowest BCUT2D eigenvalue weighted by molar-refractivity contribution is 0.238. The lowest BCUT2D eigenvalue weighted by atomic mass is 10.1. The first-order valence-corrected chi connectivity index (χ1v) is 9.17. The van der Waals surface area contributed by atoms with Gasteiger partial charge in [-0.15, -0.1) is 0 Å². The number of hydrogen-bond acceptors (Lipinski definition) is 2. The van der Waals surface area contributed by atoms with Crippen molar-refractivity contribution in [1.29, 1.82) is 0 Å². The first-order chi connectivity index (χ1) is 12.8. The summed E-state index contributed by atoms with van der Waals surface area (Å²) in [6.45, 7) is 4.78. The molecule has 0 aromatic heterocycles. The van der Waals surface area contributed by atoms with E-state index in [1.807, 2.05) is 6.07 Å². The summed E-state index contributed by atoms with van der Waals surface area (Å²) >= 11 is 0. The molecule has 0 amide bonds. The summed E-state index contributed by atoms with van der Waals surface area (Å²) in [4.78, 5) is 7.14. The Kier molecular flexibility index (Phi) is 6.74. The van der Waals surface area contributed by atoms with E-state index in [2.05, 4.69) is 108 Å². The SMILES string of the molecule is C[C@@H](C=NCc1ccccc1)N(Cc1ccccc1)Cc1ccccc1. The van der Waals surface area contributed by atoms with Crippen molar-refractivity contribution in [3.8, 4) is 0 Å². The van der Waals surface area contributed by atoms with Gasteiger partial charge in [0.05, 0.1) is 6.54 Å². The highest BCUT2D eigenvalue weighted by Gasteiger charge is 2.13. The molecule has 3 rings (SSSR count). The summed E-state index contributed by atoms with van der Waals surface area (Å²) in [6.07, 6.45) is 2.08. The normalized spacial score (nSPS) is 12.5. The largest absolute Gasteiger partial charge is 0.291 e. The average Bonchev–Trinajstić information content (AvgIpc) is 2.70. The lowest BCUT2D eigenvalue weighted by Crippen LogP contribution is -2.33. The fourth-order valence-electron chi connectivity index (χ4n) is 2.97. The zero-order valence-corrected chi connectivity index (χ0v) is 15.3. The average molecular weight is 342 g/mol. The van der Waals surface area contributed by atoms with E-state index < -0.39 is 0 Å². The molecule has 3 aromatic rings. The Morgan fingerprint density at radius 1 is 0.692 bits per heavy atom. The third kappa shape index (κ3) is 5.68. The van der Waals surface area contributed by atoms with Gasteiger partial charge in [0, 0.05) is 25.3 Å². The predicted molar refractivity (Wildman–Crippen MR) is 110 cm³/mol. The molecule has 132 valence electrons. The number of benzene rings is 3. The number of rotatable bonds is 8. The Balaban J connectivity index is 1.68. The molecule has 0 fully saturated rings. The molecule has 3 aromatic carbocycles. The molecule has 2 nitrogen and oxygen atoms in total. The zero-order valence-electron chi connectivity index (χ0n) is 15.3. The van der Waals surface area contributed by atoms with Crippen LogP contribution in [0.4, 0.5) is 0 Å². The van der Waals surface area contributed by atoms with Crippen molar-refractivity contribution in [3.63, 3.8) is 0 Å². The smallest absolute Gasteiger partial charge is 0.0636 e. The lowest BCUT2D eigenvalue weighted by Gasteiger charge is -2.27. The minimum absolute atomic E-state index is 0.263. The quantitative estimate of drug-likeness (QED) is 0.504. The molecule has 0 saturated carbocycles. The number of hydrogen-bond donors (Lipinski definition) is 0. The first-order valence-electron chi connectivity index (χ1n) is 9.17. The standard InChI is InChI=1S/C24H26N2/c1-21(17-25-18-22-11-5-2-6-12-22)26(19-23-13-7-3-8-14-23)20-24-15-9-4-10-16-24/h2-17,21H,18-20H2,1H3/t21-/m0/s1. The summed E-state index contributed by atoms with van der Waals surface area (Å²) in [5.74, 6) is 0. The van der Waals surface area contributed by atoms with E-state index in [0.717, 1.165) is 19.6 Å². The van der Waals surface area contributed by atoms with Crippen molar-refractivity contribution in [2.24, 2.45) is 4.99 Å². The van der Waals surface area contributed by atoms with E-state index in [0.29, 0.717) is 0 Å². The number of aliphatic imine (C=N–C) groups is 1. The van der Waals surface area contributed by atoms with Gasteiger partial charge in [-0.2, -0.15) is 0 Å². The maximum atomic E-state index is 4.68. The third-order valence-electron chi connectivity index (χ3n) is 4.47. The van der Waals surface area contributed by atoms with Gasteiger partial charge in [0.2, 0.25) is 0 Å². The van der Waals surface area contributed by atoms with E-state index in [9.17, 15) is 0 Å². The van der Waals surface area contributed by atoms with Crippen molar-refractivity contribution in [1.82, 2.24) is 4.90 Å². The molecule has 26 heavy (non-hydrogen) atoms. The predicted octanol–water partition coefficient (Wildman–Crippen LogP) is 5.35. The van der Waals surface area contributed by atoms with Gasteiger partial charge in [0.25, 0.3) is 0 Å². The summed E-state index contributed by atoms with van der Waals surface area (Å²) in [5, 5.41) is 0. The Labute approximate surface area is 156 Å². The Bertz CT molecular complexity index is 741. The third-order valence-corrected chi connectivity index (χ3v) is 4.47. The second-order valence-electron chi connectivity index (χ2n) is 6.59. The van der Waals surface area contributed by atoms with Crippen LogP contribution in [0.2, 0.25) is 0 Å². The fourth-order valence-corrected chi connectivity index (χ4v) is 2.97. The molecule has 0 bridgehead atoms. The van der Waals surface area contributed by atoms with Crippen molar-refractivity contribution in [2.75, 3.05) is 0 Å². The van der Waals surface area contributed by atoms with Crippen LogP contribution < -0.4 is 0 Å². The molecule has 0 heterocycles. The maximum absolute atomic E-state index is 4.68. The van der Waals surface area contributed by atoms with Crippen LogP contribution in [-0.4, -0.2) is 17.2 Å². The van der Waals surface area contributed by atoms with Gasteiger partial charge in [0.15, 0.2) is 0 Å². The first kappa shape index (κ1) is 18.1. The summed E-state index contributed by atoms with van der Waals surface area (Å²) in [5.41, 5.74) is 3.90. The molecule has 0 N–H and O–H groups in total. The molecule has 0 unspecified atom stereocenters. The summed E-state index contributed by atoms with van der Waals surface area (Å²) in [7, 11) is 0. The van der Waals surface area contributed by atoms with Crippen LogP contribution in [0.1, 0.15) is 23.6 Å². The van der Waals surface area contributed by atoms with Gasteiger partial charge in [-0.05, 0) is 23.6 Å². The van der Waals surface area contributed by atoms with Gasteiger partial charge in [0.1, 0.15) is 0 Å². The van der Waals surface area contributed by atoms with Crippen molar-refractivity contribution in [3.05, 3.63) is 108 Å². The van der Waals surface area contributed by atoms with E-state index in [4.69, 9.17) is 0 Å². The van der Waals surface area contributed by atoms with Crippen LogP contribution in [0.5, 0.6) is 0 Å². The Morgan fingerprint density at radius 2 is 1.12 bits per heavy atom. The van der Waals surface area contributed by atoms with Crippen molar-refractivity contribution in [2.45, 2.75) is 32.6 Å². The molecule has 0 aliphatic rings. The molecular formula is C24H26N2. The topological polar surface area (TPSA) is 15.6 Å². The van der Waals surface area contributed by atoms with E-state index in [1.165, 1.54) is 16.7 Å². The van der Waals surface area contributed by atoms with Crippen molar-refractivity contribution < 1.29 is 0 Å². The van der Waals surface area contributed by atoms with Crippen LogP contribution >= 0.6 is 0 Å². The zero-order chi connectivity index (χ0) is 18.0. The van der Waals surface area contributed by atoms with Gasteiger partial charge in [-0.25, -0.2) is 0 Å².